The van der Waals surface area contributed by atoms with E-state index in [4.69, 9.17) is 0 Å². The molecule has 0 radical (unpaired) electrons. The second-order valence-electron chi connectivity index (χ2n) is 4.95. The molecule has 0 bridgehead atoms. The van der Waals surface area contributed by atoms with Gasteiger partial charge in [-0.15, -0.1) is 0 Å². The summed E-state index contributed by atoms with van der Waals surface area (Å²) in [6, 6.07) is 15.5. The SMILES string of the molecule is CCCNC(=O)c1ccc2nc(Nc3ccccc3)sc2c1. The highest BCUT2D eigenvalue weighted by atomic mass is 32.1. The summed E-state index contributed by atoms with van der Waals surface area (Å²) in [7, 11) is 0. The predicted octanol–water partition coefficient (Wildman–Crippen LogP) is 4.18. The number of anilines is 2. The largest absolute Gasteiger partial charge is 0.352 e. The number of benzene rings is 2. The molecule has 1 amide bonds. The lowest BCUT2D eigenvalue weighted by Crippen LogP contribution is -2.23. The van der Waals surface area contributed by atoms with Crippen LogP contribution in [-0.4, -0.2) is 17.4 Å². The van der Waals surface area contributed by atoms with Gasteiger partial charge >= 0.3 is 0 Å². The van der Waals surface area contributed by atoms with Crippen molar-refractivity contribution >= 4 is 38.3 Å². The summed E-state index contributed by atoms with van der Waals surface area (Å²) in [5, 5.41) is 7.00. The van der Waals surface area contributed by atoms with Gasteiger partial charge in [-0.2, -0.15) is 0 Å². The molecule has 3 rings (SSSR count). The Hall–Kier alpha value is -2.40. The summed E-state index contributed by atoms with van der Waals surface area (Å²) < 4.78 is 1.00. The molecule has 0 unspecified atom stereocenters. The zero-order valence-corrected chi connectivity index (χ0v) is 13.1. The first-order valence-electron chi connectivity index (χ1n) is 7.27. The number of thiazole rings is 1. The van der Waals surface area contributed by atoms with Gasteiger partial charge in [-0.05, 0) is 36.8 Å². The standard InChI is InChI=1S/C17H17N3OS/c1-2-10-18-16(21)12-8-9-14-15(11-12)22-17(20-14)19-13-6-4-3-5-7-13/h3-9,11H,2,10H2,1H3,(H,18,21)(H,19,20). The Labute approximate surface area is 133 Å². The monoisotopic (exact) mass is 311 g/mol. The van der Waals surface area contributed by atoms with Gasteiger partial charge in [0.2, 0.25) is 0 Å². The molecule has 0 aliphatic carbocycles. The van der Waals surface area contributed by atoms with Crippen molar-refractivity contribution in [3.05, 3.63) is 54.1 Å². The Morgan fingerprint density at radius 2 is 2.00 bits per heavy atom. The minimum absolute atomic E-state index is 0.0327. The van der Waals surface area contributed by atoms with Gasteiger partial charge in [-0.3, -0.25) is 4.79 Å². The number of carbonyl (C=O) groups is 1. The molecule has 2 aromatic carbocycles. The number of rotatable bonds is 5. The van der Waals surface area contributed by atoms with E-state index in [-0.39, 0.29) is 5.91 Å². The fourth-order valence-corrected chi connectivity index (χ4v) is 3.03. The maximum absolute atomic E-state index is 12.0. The summed E-state index contributed by atoms with van der Waals surface area (Å²) in [5.41, 5.74) is 2.58. The zero-order valence-electron chi connectivity index (χ0n) is 12.3. The van der Waals surface area contributed by atoms with Crippen molar-refractivity contribution in [1.82, 2.24) is 10.3 Å². The number of para-hydroxylation sites is 1. The Morgan fingerprint density at radius 1 is 1.18 bits per heavy atom. The topological polar surface area (TPSA) is 54.0 Å². The molecule has 3 aromatic rings. The lowest BCUT2D eigenvalue weighted by molar-refractivity contribution is 0.0954. The number of nitrogens with one attached hydrogen (secondary N) is 2. The van der Waals surface area contributed by atoms with Crippen molar-refractivity contribution < 1.29 is 4.79 Å². The second kappa shape index (κ2) is 6.58. The van der Waals surface area contributed by atoms with Gasteiger partial charge in [-0.1, -0.05) is 36.5 Å². The van der Waals surface area contributed by atoms with E-state index in [9.17, 15) is 4.79 Å². The molecule has 0 atom stereocenters. The average Bonchev–Trinajstić information content (AvgIpc) is 2.94. The first-order chi connectivity index (χ1) is 10.8. The summed E-state index contributed by atoms with van der Waals surface area (Å²) in [6.45, 7) is 2.73. The molecule has 5 heteroatoms. The van der Waals surface area contributed by atoms with Gasteiger partial charge in [0.1, 0.15) is 0 Å². The van der Waals surface area contributed by atoms with Crippen LogP contribution >= 0.6 is 11.3 Å². The predicted molar refractivity (Wildman–Crippen MR) is 92.0 cm³/mol. The number of hydrogen-bond donors (Lipinski definition) is 2. The molecule has 0 spiro atoms. The van der Waals surface area contributed by atoms with Crippen LogP contribution < -0.4 is 10.6 Å². The number of nitrogens with zero attached hydrogens (tertiary/aromatic N) is 1. The number of aromatic nitrogens is 1. The lowest BCUT2D eigenvalue weighted by Gasteiger charge is -2.02. The van der Waals surface area contributed by atoms with Crippen LogP contribution in [0.5, 0.6) is 0 Å². The van der Waals surface area contributed by atoms with Crippen LogP contribution in [-0.2, 0) is 0 Å². The van der Waals surface area contributed by atoms with E-state index in [1.54, 1.807) is 11.3 Å². The van der Waals surface area contributed by atoms with Crippen LogP contribution in [0.15, 0.2) is 48.5 Å². The first kappa shape index (κ1) is 14.5. The molecule has 0 aliphatic heterocycles. The van der Waals surface area contributed by atoms with Crippen molar-refractivity contribution in [3.63, 3.8) is 0 Å². The van der Waals surface area contributed by atoms with Crippen LogP contribution in [0.3, 0.4) is 0 Å². The van der Waals surface area contributed by atoms with Gasteiger partial charge in [0.25, 0.3) is 5.91 Å². The molecule has 1 aromatic heterocycles. The zero-order chi connectivity index (χ0) is 15.4. The maximum atomic E-state index is 12.0. The molecule has 0 saturated heterocycles. The Morgan fingerprint density at radius 3 is 2.77 bits per heavy atom. The van der Waals surface area contributed by atoms with Gasteiger partial charge in [0.15, 0.2) is 5.13 Å². The fraction of sp³-hybridized carbons (Fsp3) is 0.176. The third kappa shape index (κ3) is 3.26. The van der Waals surface area contributed by atoms with Crippen molar-refractivity contribution in [2.75, 3.05) is 11.9 Å². The van der Waals surface area contributed by atoms with Crippen LogP contribution in [0, 0.1) is 0 Å². The number of fused-ring (bicyclic) bond motifs is 1. The normalized spacial score (nSPS) is 10.6. The third-order valence-electron chi connectivity index (χ3n) is 3.21. The molecule has 1 heterocycles. The number of hydrogen-bond acceptors (Lipinski definition) is 4. The smallest absolute Gasteiger partial charge is 0.251 e. The van der Waals surface area contributed by atoms with E-state index < -0.39 is 0 Å². The average molecular weight is 311 g/mol. The number of amides is 1. The third-order valence-corrected chi connectivity index (χ3v) is 4.14. The molecule has 0 saturated carbocycles. The van der Waals surface area contributed by atoms with E-state index in [0.29, 0.717) is 12.1 Å². The van der Waals surface area contributed by atoms with E-state index in [0.717, 1.165) is 27.5 Å². The second-order valence-corrected chi connectivity index (χ2v) is 5.98. The lowest BCUT2D eigenvalue weighted by atomic mass is 10.2. The molecule has 0 aliphatic rings. The number of carbonyl (C=O) groups excluding carboxylic acids is 1. The van der Waals surface area contributed by atoms with Crippen molar-refractivity contribution in [1.29, 1.82) is 0 Å². The Balaban J connectivity index is 1.82. The van der Waals surface area contributed by atoms with Gasteiger partial charge < -0.3 is 10.6 Å². The van der Waals surface area contributed by atoms with Crippen LogP contribution in [0.4, 0.5) is 10.8 Å². The van der Waals surface area contributed by atoms with E-state index in [1.807, 2.05) is 55.5 Å². The molecule has 112 valence electrons. The maximum Gasteiger partial charge on any atom is 0.251 e. The highest BCUT2D eigenvalue weighted by Gasteiger charge is 2.09. The molecule has 2 N–H and O–H groups in total. The Bertz CT molecular complexity index is 783. The molecular weight excluding hydrogens is 294 g/mol. The molecule has 22 heavy (non-hydrogen) atoms. The first-order valence-corrected chi connectivity index (χ1v) is 8.09. The van der Waals surface area contributed by atoms with Crippen molar-refractivity contribution in [2.24, 2.45) is 0 Å². The van der Waals surface area contributed by atoms with Crippen LogP contribution in [0.1, 0.15) is 23.7 Å². The highest BCUT2D eigenvalue weighted by molar-refractivity contribution is 7.22. The van der Waals surface area contributed by atoms with E-state index in [2.05, 4.69) is 15.6 Å². The molecule has 4 nitrogen and oxygen atoms in total. The van der Waals surface area contributed by atoms with Crippen molar-refractivity contribution in [3.8, 4) is 0 Å². The van der Waals surface area contributed by atoms with Gasteiger partial charge in [0.05, 0.1) is 10.2 Å². The fourth-order valence-electron chi connectivity index (χ4n) is 2.10. The highest BCUT2D eigenvalue weighted by Crippen LogP contribution is 2.29. The Kier molecular flexibility index (Phi) is 4.34. The quantitative estimate of drug-likeness (QED) is 0.743. The summed E-state index contributed by atoms with van der Waals surface area (Å²) in [6.07, 6.45) is 0.930. The summed E-state index contributed by atoms with van der Waals surface area (Å²) in [4.78, 5) is 16.5. The van der Waals surface area contributed by atoms with Crippen LogP contribution in [0.2, 0.25) is 0 Å². The summed E-state index contributed by atoms with van der Waals surface area (Å²) >= 11 is 1.55. The van der Waals surface area contributed by atoms with Crippen molar-refractivity contribution in [2.45, 2.75) is 13.3 Å². The van der Waals surface area contributed by atoms with E-state index >= 15 is 0 Å². The minimum atomic E-state index is -0.0327. The van der Waals surface area contributed by atoms with Crippen LogP contribution in [0.25, 0.3) is 10.2 Å². The summed E-state index contributed by atoms with van der Waals surface area (Å²) in [5.74, 6) is -0.0327. The molecular formula is C17H17N3OS. The van der Waals surface area contributed by atoms with E-state index in [1.165, 1.54) is 0 Å². The molecule has 0 fully saturated rings. The van der Waals surface area contributed by atoms with Gasteiger partial charge in [-0.25, -0.2) is 4.98 Å². The minimum Gasteiger partial charge on any atom is -0.352 e. The van der Waals surface area contributed by atoms with Gasteiger partial charge in [0, 0.05) is 17.8 Å².